The molecule has 0 aliphatic heterocycles. The number of halogens is 3. The van der Waals surface area contributed by atoms with Crippen molar-refractivity contribution in [2.24, 2.45) is 0 Å². The molecule has 1 heterocycles. The van der Waals surface area contributed by atoms with Crippen molar-refractivity contribution in [2.45, 2.75) is 26.1 Å². The SMILES string of the molecule is CCc1ocnc1C(=O)OCc1cccc(OCC(F)(F)F)c1. The highest BCUT2D eigenvalue weighted by Crippen LogP contribution is 2.20. The molecule has 0 N–H and O–H groups in total. The third-order valence-electron chi connectivity index (χ3n) is 2.83. The van der Waals surface area contributed by atoms with E-state index in [4.69, 9.17) is 9.15 Å². The Hall–Kier alpha value is -2.51. The van der Waals surface area contributed by atoms with Crippen molar-refractivity contribution in [1.82, 2.24) is 4.98 Å². The van der Waals surface area contributed by atoms with Crippen LogP contribution in [0.3, 0.4) is 0 Å². The molecule has 0 aliphatic carbocycles. The van der Waals surface area contributed by atoms with Gasteiger partial charge in [-0.1, -0.05) is 19.1 Å². The molecule has 124 valence electrons. The molecule has 2 aromatic rings. The molecule has 23 heavy (non-hydrogen) atoms. The van der Waals surface area contributed by atoms with Gasteiger partial charge in [-0.05, 0) is 17.7 Å². The lowest BCUT2D eigenvalue weighted by molar-refractivity contribution is -0.153. The monoisotopic (exact) mass is 329 g/mol. The van der Waals surface area contributed by atoms with E-state index in [0.717, 1.165) is 6.39 Å². The highest BCUT2D eigenvalue weighted by atomic mass is 19.4. The second-order valence-corrected chi connectivity index (χ2v) is 4.61. The predicted octanol–water partition coefficient (Wildman–Crippen LogP) is 3.54. The van der Waals surface area contributed by atoms with Gasteiger partial charge >= 0.3 is 12.1 Å². The van der Waals surface area contributed by atoms with Crippen molar-refractivity contribution in [3.63, 3.8) is 0 Å². The Labute approximate surface area is 130 Å². The maximum Gasteiger partial charge on any atom is 0.422 e. The van der Waals surface area contributed by atoms with Crippen LogP contribution in [0.15, 0.2) is 35.1 Å². The smallest absolute Gasteiger partial charge is 0.422 e. The summed E-state index contributed by atoms with van der Waals surface area (Å²) < 4.78 is 51.1. The number of carbonyl (C=O) groups is 1. The number of carbonyl (C=O) groups excluding carboxylic acids is 1. The van der Waals surface area contributed by atoms with Gasteiger partial charge in [-0.25, -0.2) is 9.78 Å². The summed E-state index contributed by atoms with van der Waals surface area (Å²) in [6, 6.07) is 5.89. The summed E-state index contributed by atoms with van der Waals surface area (Å²) in [6.07, 6.45) is -2.77. The number of ether oxygens (including phenoxy) is 2. The molecule has 0 saturated heterocycles. The molecule has 0 atom stereocenters. The van der Waals surface area contributed by atoms with Gasteiger partial charge in [-0.3, -0.25) is 0 Å². The van der Waals surface area contributed by atoms with Crippen LogP contribution in [0.2, 0.25) is 0 Å². The Morgan fingerprint density at radius 3 is 2.83 bits per heavy atom. The van der Waals surface area contributed by atoms with E-state index in [1.807, 2.05) is 0 Å². The van der Waals surface area contributed by atoms with E-state index in [9.17, 15) is 18.0 Å². The maximum absolute atomic E-state index is 12.1. The average Bonchev–Trinajstić information content (AvgIpc) is 2.99. The largest absolute Gasteiger partial charge is 0.484 e. The Kier molecular flexibility index (Phi) is 5.25. The Morgan fingerprint density at radius 1 is 1.35 bits per heavy atom. The van der Waals surface area contributed by atoms with E-state index >= 15 is 0 Å². The number of alkyl halides is 3. The number of nitrogens with zero attached hydrogens (tertiary/aromatic N) is 1. The van der Waals surface area contributed by atoms with E-state index < -0.39 is 18.8 Å². The fourth-order valence-corrected chi connectivity index (χ4v) is 1.80. The molecule has 0 aliphatic rings. The van der Waals surface area contributed by atoms with Gasteiger partial charge in [0.2, 0.25) is 0 Å². The summed E-state index contributed by atoms with van der Waals surface area (Å²) in [5.74, 6) is -0.193. The third kappa shape index (κ3) is 5.01. The van der Waals surface area contributed by atoms with Gasteiger partial charge in [0.1, 0.15) is 18.1 Å². The van der Waals surface area contributed by atoms with E-state index in [-0.39, 0.29) is 18.1 Å². The molecular formula is C15H14F3NO4. The summed E-state index contributed by atoms with van der Waals surface area (Å²) in [7, 11) is 0. The third-order valence-corrected chi connectivity index (χ3v) is 2.83. The van der Waals surface area contributed by atoms with E-state index in [1.54, 1.807) is 13.0 Å². The van der Waals surface area contributed by atoms with Crippen LogP contribution in [0.25, 0.3) is 0 Å². The maximum atomic E-state index is 12.1. The van der Waals surface area contributed by atoms with Gasteiger partial charge in [0, 0.05) is 6.42 Å². The van der Waals surface area contributed by atoms with Crippen LogP contribution >= 0.6 is 0 Å². The van der Waals surface area contributed by atoms with Gasteiger partial charge < -0.3 is 13.9 Å². The first-order valence-electron chi connectivity index (χ1n) is 6.77. The molecule has 0 unspecified atom stereocenters. The Balaban J connectivity index is 1.94. The molecule has 0 radical (unpaired) electrons. The fraction of sp³-hybridized carbons (Fsp3) is 0.333. The standard InChI is InChI=1S/C15H14F3NO4/c1-2-12-13(19-9-23-12)14(20)21-7-10-4-3-5-11(6-10)22-8-15(16,17)18/h3-6,9H,2,7-8H2,1H3. The van der Waals surface area contributed by atoms with Gasteiger partial charge in [0.15, 0.2) is 18.7 Å². The minimum absolute atomic E-state index is 0.0477. The quantitative estimate of drug-likeness (QED) is 0.759. The number of hydrogen-bond donors (Lipinski definition) is 0. The van der Waals surface area contributed by atoms with Crippen LogP contribution in [-0.2, 0) is 17.8 Å². The van der Waals surface area contributed by atoms with Gasteiger partial charge in [-0.15, -0.1) is 0 Å². The highest BCUT2D eigenvalue weighted by Gasteiger charge is 2.28. The molecule has 0 fully saturated rings. The van der Waals surface area contributed by atoms with E-state index in [2.05, 4.69) is 9.72 Å². The summed E-state index contributed by atoms with van der Waals surface area (Å²) in [5, 5.41) is 0. The average molecular weight is 329 g/mol. The van der Waals surface area contributed by atoms with Gasteiger partial charge in [0.25, 0.3) is 0 Å². The van der Waals surface area contributed by atoms with Crippen LogP contribution in [0.4, 0.5) is 13.2 Å². The van der Waals surface area contributed by atoms with Crippen LogP contribution < -0.4 is 4.74 Å². The second-order valence-electron chi connectivity index (χ2n) is 4.61. The van der Waals surface area contributed by atoms with Crippen molar-refractivity contribution in [3.05, 3.63) is 47.7 Å². The van der Waals surface area contributed by atoms with Crippen molar-refractivity contribution in [1.29, 1.82) is 0 Å². The molecule has 2 rings (SSSR count). The summed E-state index contributed by atoms with van der Waals surface area (Å²) in [5.41, 5.74) is 0.594. The van der Waals surface area contributed by atoms with Crippen molar-refractivity contribution in [2.75, 3.05) is 6.61 Å². The Morgan fingerprint density at radius 2 is 2.13 bits per heavy atom. The number of rotatable bonds is 6. The Bertz CT molecular complexity index is 667. The van der Waals surface area contributed by atoms with E-state index in [1.165, 1.54) is 18.2 Å². The number of aromatic nitrogens is 1. The normalized spacial score (nSPS) is 11.3. The molecule has 5 nitrogen and oxygen atoms in total. The minimum atomic E-state index is -4.41. The lowest BCUT2D eigenvalue weighted by Gasteiger charge is -2.10. The predicted molar refractivity (Wildman–Crippen MR) is 73.0 cm³/mol. The summed E-state index contributed by atoms with van der Waals surface area (Å²) in [4.78, 5) is 15.7. The number of oxazole rings is 1. The number of esters is 1. The molecule has 0 bridgehead atoms. The number of aryl methyl sites for hydroxylation is 1. The van der Waals surface area contributed by atoms with Crippen LogP contribution in [-0.4, -0.2) is 23.7 Å². The highest BCUT2D eigenvalue weighted by molar-refractivity contribution is 5.88. The van der Waals surface area contributed by atoms with Crippen LogP contribution in [0.1, 0.15) is 28.7 Å². The van der Waals surface area contributed by atoms with Crippen LogP contribution in [0, 0.1) is 0 Å². The lowest BCUT2D eigenvalue weighted by Crippen LogP contribution is -2.19. The minimum Gasteiger partial charge on any atom is -0.484 e. The number of benzene rings is 1. The second kappa shape index (κ2) is 7.17. The van der Waals surface area contributed by atoms with Gasteiger partial charge in [0.05, 0.1) is 0 Å². The topological polar surface area (TPSA) is 61.6 Å². The van der Waals surface area contributed by atoms with Crippen molar-refractivity contribution < 1.29 is 31.9 Å². The zero-order valence-corrected chi connectivity index (χ0v) is 12.2. The first-order valence-corrected chi connectivity index (χ1v) is 6.77. The fourth-order valence-electron chi connectivity index (χ4n) is 1.80. The molecule has 8 heteroatoms. The van der Waals surface area contributed by atoms with Crippen molar-refractivity contribution in [3.8, 4) is 5.75 Å². The molecular weight excluding hydrogens is 315 g/mol. The molecule has 0 saturated carbocycles. The summed E-state index contributed by atoms with van der Waals surface area (Å²) >= 11 is 0. The van der Waals surface area contributed by atoms with Crippen LogP contribution in [0.5, 0.6) is 5.75 Å². The lowest BCUT2D eigenvalue weighted by atomic mass is 10.2. The first kappa shape index (κ1) is 16.9. The summed E-state index contributed by atoms with van der Waals surface area (Å²) in [6.45, 7) is 0.311. The molecule has 1 aromatic heterocycles. The van der Waals surface area contributed by atoms with Crippen molar-refractivity contribution >= 4 is 5.97 Å². The zero-order chi connectivity index (χ0) is 16.9. The zero-order valence-electron chi connectivity index (χ0n) is 12.2. The molecule has 1 aromatic carbocycles. The van der Waals surface area contributed by atoms with E-state index in [0.29, 0.717) is 17.7 Å². The van der Waals surface area contributed by atoms with Gasteiger partial charge in [-0.2, -0.15) is 13.2 Å². The molecule has 0 amide bonds. The number of hydrogen-bond acceptors (Lipinski definition) is 5. The first-order chi connectivity index (χ1) is 10.9. The molecule has 0 spiro atoms.